The Kier molecular flexibility index (Phi) is 4.15. The molecule has 0 atom stereocenters. The van der Waals surface area contributed by atoms with Gasteiger partial charge in [-0.15, -0.1) is 0 Å². The van der Waals surface area contributed by atoms with Crippen LogP contribution >= 0.6 is 0 Å². The first-order valence-electron chi connectivity index (χ1n) is 6.26. The Morgan fingerprint density at radius 1 is 1.55 bits per heavy atom. The number of carboxylic acid groups (broad SMARTS) is 1. The lowest BCUT2D eigenvalue weighted by Crippen LogP contribution is -2.37. The molecule has 0 aromatic carbocycles. The molecule has 0 bridgehead atoms. The van der Waals surface area contributed by atoms with E-state index in [1.54, 1.807) is 11.0 Å². The molecule has 104 valence electrons. The van der Waals surface area contributed by atoms with E-state index in [1.807, 2.05) is 6.07 Å². The number of carboxylic acids is 1. The number of hydrogen-bond acceptors (Lipinski definition) is 4. The number of hydrogen-bond donors (Lipinski definition) is 2. The number of amides is 2. The lowest BCUT2D eigenvalue weighted by atomic mass is 10.3. The van der Waals surface area contributed by atoms with E-state index in [-0.39, 0.29) is 23.8 Å². The van der Waals surface area contributed by atoms with Crippen LogP contribution in [0, 0.1) is 11.3 Å². The highest BCUT2D eigenvalue weighted by Gasteiger charge is 2.32. The summed E-state index contributed by atoms with van der Waals surface area (Å²) in [6.07, 6.45) is 3.44. The summed E-state index contributed by atoms with van der Waals surface area (Å²) in [4.78, 5) is 28.5. The fraction of sp³-hybridized carbons (Fsp3) is 0.385. The van der Waals surface area contributed by atoms with E-state index in [2.05, 4.69) is 10.3 Å². The quantitative estimate of drug-likeness (QED) is 0.849. The van der Waals surface area contributed by atoms with Crippen LogP contribution in [0.2, 0.25) is 0 Å². The van der Waals surface area contributed by atoms with Gasteiger partial charge >= 0.3 is 12.0 Å². The normalized spacial score (nSPS) is 13.3. The molecule has 20 heavy (non-hydrogen) atoms. The van der Waals surface area contributed by atoms with Crippen molar-refractivity contribution < 1.29 is 14.7 Å². The first-order chi connectivity index (χ1) is 9.63. The second-order valence-corrected chi connectivity index (χ2v) is 4.47. The minimum absolute atomic E-state index is 0.147. The molecular formula is C13H14N4O3. The van der Waals surface area contributed by atoms with Crippen molar-refractivity contribution in [1.29, 1.82) is 5.26 Å². The molecule has 1 aliphatic carbocycles. The molecule has 1 aromatic heterocycles. The van der Waals surface area contributed by atoms with E-state index in [4.69, 9.17) is 10.4 Å². The molecule has 1 heterocycles. The first-order valence-corrected chi connectivity index (χ1v) is 6.26. The molecule has 0 aliphatic heterocycles. The minimum atomic E-state index is -1.20. The number of carbonyl (C=O) groups is 2. The topological polar surface area (TPSA) is 106 Å². The van der Waals surface area contributed by atoms with Crippen molar-refractivity contribution in [2.24, 2.45) is 0 Å². The number of nitrogens with one attached hydrogen (secondary N) is 1. The molecule has 1 fully saturated rings. The van der Waals surface area contributed by atoms with Gasteiger partial charge in [-0.3, -0.25) is 0 Å². The fourth-order valence-corrected chi connectivity index (χ4v) is 1.87. The smallest absolute Gasteiger partial charge is 0.356 e. The van der Waals surface area contributed by atoms with E-state index in [0.717, 1.165) is 12.8 Å². The van der Waals surface area contributed by atoms with Crippen molar-refractivity contribution in [2.75, 3.05) is 11.9 Å². The van der Waals surface area contributed by atoms with Crippen molar-refractivity contribution in [2.45, 2.75) is 25.3 Å². The summed E-state index contributed by atoms with van der Waals surface area (Å²) >= 11 is 0. The molecule has 2 rings (SSSR count). The highest BCUT2D eigenvalue weighted by atomic mass is 16.4. The van der Waals surface area contributed by atoms with E-state index < -0.39 is 12.0 Å². The predicted octanol–water partition coefficient (Wildman–Crippen LogP) is 1.69. The first kappa shape index (κ1) is 13.8. The summed E-state index contributed by atoms with van der Waals surface area (Å²) in [5, 5.41) is 20.2. The van der Waals surface area contributed by atoms with Crippen molar-refractivity contribution in [3.8, 4) is 6.07 Å². The minimum Gasteiger partial charge on any atom is -0.476 e. The number of nitrogens with zero attached hydrogens (tertiary/aromatic N) is 3. The Morgan fingerprint density at radius 3 is 2.90 bits per heavy atom. The highest BCUT2D eigenvalue weighted by Crippen LogP contribution is 2.27. The van der Waals surface area contributed by atoms with Crippen LogP contribution in [0.5, 0.6) is 0 Å². The van der Waals surface area contributed by atoms with Gasteiger partial charge < -0.3 is 15.3 Å². The predicted molar refractivity (Wildman–Crippen MR) is 70.2 cm³/mol. The van der Waals surface area contributed by atoms with Gasteiger partial charge in [0.1, 0.15) is 0 Å². The van der Waals surface area contributed by atoms with Crippen LogP contribution < -0.4 is 5.32 Å². The van der Waals surface area contributed by atoms with Crippen LogP contribution in [0.4, 0.5) is 10.5 Å². The van der Waals surface area contributed by atoms with E-state index in [1.165, 1.54) is 12.3 Å². The zero-order chi connectivity index (χ0) is 14.5. The van der Waals surface area contributed by atoms with Gasteiger partial charge in [-0.25, -0.2) is 14.6 Å². The van der Waals surface area contributed by atoms with Gasteiger partial charge in [0.25, 0.3) is 0 Å². The monoisotopic (exact) mass is 274 g/mol. The summed E-state index contributed by atoms with van der Waals surface area (Å²) in [5.74, 6) is -1.20. The number of aromatic carboxylic acids is 1. The third kappa shape index (κ3) is 3.23. The van der Waals surface area contributed by atoms with Crippen LogP contribution in [0.15, 0.2) is 18.3 Å². The molecule has 0 saturated heterocycles. The van der Waals surface area contributed by atoms with Crippen LogP contribution in [0.1, 0.15) is 29.8 Å². The van der Waals surface area contributed by atoms with Crippen LogP contribution in [0.25, 0.3) is 0 Å². The number of carbonyl (C=O) groups excluding carboxylic acids is 1. The van der Waals surface area contributed by atoms with Gasteiger partial charge in [-0.05, 0) is 25.0 Å². The number of pyridine rings is 1. The van der Waals surface area contributed by atoms with Crippen molar-refractivity contribution in [3.05, 3.63) is 24.0 Å². The number of aromatic nitrogens is 1. The Labute approximate surface area is 115 Å². The molecule has 1 aromatic rings. The molecule has 0 unspecified atom stereocenters. The lowest BCUT2D eigenvalue weighted by molar-refractivity contribution is 0.0691. The van der Waals surface area contributed by atoms with Crippen LogP contribution in [-0.4, -0.2) is 39.6 Å². The van der Waals surface area contributed by atoms with Gasteiger partial charge in [0, 0.05) is 18.8 Å². The fourth-order valence-electron chi connectivity index (χ4n) is 1.87. The van der Waals surface area contributed by atoms with E-state index in [0.29, 0.717) is 6.54 Å². The van der Waals surface area contributed by atoms with Gasteiger partial charge in [0.05, 0.1) is 18.2 Å². The average Bonchev–Trinajstić information content (AvgIpc) is 3.24. The third-order valence-electron chi connectivity index (χ3n) is 2.96. The van der Waals surface area contributed by atoms with Crippen LogP contribution in [-0.2, 0) is 0 Å². The van der Waals surface area contributed by atoms with E-state index in [9.17, 15) is 9.59 Å². The molecule has 2 N–H and O–H groups in total. The molecule has 2 amide bonds. The summed E-state index contributed by atoms with van der Waals surface area (Å²) in [7, 11) is 0. The zero-order valence-corrected chi connectivity index (χ0v) is 10.7. The van der Waals surface area contributed by atoms with Gasteiger partial charge in [0.15, 0.2) is 5.69 Å². The number of rotatable bonds is 5. The largest absolute Gasteiger partial charge is 0.476 e. The van der Waals surface area contributed by atoms with Gasteiger partial charge in [-0.1, -0.05) is 0 Å². The standard InChI is InChI=1S/C13H14N4O3/c14-6-2-8-17(9-4-5-9)13(20)16-10-3-1-7-15-11(10)12(18)19/h1,3,7,9H,2,4-5,8H2,(H,16,20)(H,18,19). The lowest BCUT2D eigenvalue weighted by Gasteiger charge is -2.21. The maximum atomic E-state index is 12.2. The maximum Gasteiger partial charge on any atom is 0.356 e. The SMILES string of the molecule is N#CCCN(C(=O)Nc1cccnc1C(=O)O)C1CC1. The van der Waals surface area contributed by atoms with Crippen LogP contribution in [0.3, 0.4) is 0 Å². The molecule has 1 saturated carbocycles. The van der Waals surface area contributed by atoms with Crippen molar-refractivity contribution in [1.82, 2.24) is 9.88 Å². The van der Waals surface area contributed by atoms with Crippen molar-refractivity contribution >= 4 is 17.7 Å². The molecule has 7 heteroatoms. The second-order valence-electron chi connectivity index (χ2n) is 4.47. The Balaban J connectivity index is 2.10. The molecule has 0 spiro atoms. The summed E-state index contributed by atoms with van der Waals surface area (Å²) in [6, 6.07) is 4.80. The second kappa shape index (κ2) is 6.02. The maximum absolute atomic E-state index is 12.2. The zero-order valence-electron chi connectivity index (χ0n) is 10.7. The van der Waals surface area contributed by atoms with Gasteiger partial charge in [0.2, 0.25) is 0 Å². The number of urea groups is 1. The Morgan fingerprint density at radius 2 is 2.30 bits per heavy atom. The highest BCUT2D eigenvalue weighted by molar-refractivity contribution is 5.98. The molecule has 1 aliphatic rings. The van der Waals surface area contributed by atoms with E-state index >= 15 is 0 Å². The van der Waals surface area contributed by atoms with Gasteiger partial charge in [-0.2, -0.15) is 5.26 Å². The average molecular weight is 274 g/mol. The summed E-state index contributed by atoms with van der Waals surface area (Å²) in [5.41, 5.74) is -0.0375. The number of nitriles is 1. The Hall–Kier alpha value is -2.62. The molecular weight excluding hydrogens is 260 g/mol. The summed E-state index contributed by atoms with van der Waals surface area (Å²) < 4.78 is 0. The Bertz CT molecular complexity index is 563. The molecule has 7 nitrogen and oxygen atoms in total. The molecule has 0 radical (unpaired) electrons. The van der Waals surface area contributed by atoms with Crippen molar-refractivity contribution in [3.63, 3.8) is 0 Å². The number of anilines is 1. The summed E-state index contributed by atoms with van der Waals surface area (Å²) in [6.45, 7) is 0.343. The third-order valence-corrected chi connectivity index (χ3v) is 2.96.